The monoisotopic (exact) mass is 150 g/mol. The molecule has 1 aliphatic rings. The molecule has 0 saturated heterocycles. The molecule has 1 N–H and O–H groups in total. The van der Waals surface area contributed by atoms with Crippen LogP contribution in [0.25, 0.3) is 0 Å². The Morgan fingerprint density at radius 3 is 2.82 bits per heavy atom. The average Bonchev–Trinajstić information content (AvgIpc) is 2.30. The maximum absolute atomic E-state index is 9.52. The molecule has 0 saturated carbocycles. The molecule has 0 radical (unpaired) electrons. The summed E-state index contributed by atoms with van der Waals surface area (Å²) < 4.78 is 5.37. The first-order chi connectivity index (χ1) is 5.29. The highest BCUT2D eigenvalue weighted by Gasteiger charge is 2.28. The zero-order valence-electron chi connectivity index (χ0n) is 6.32. The van der Waals surface area contributed by atoms with E-state index in [0.29, 0.717) is 0 Å². The van der Waals surface area contributed by atoms with Gasteiger partial charge in [0.2, 0.25) is 0 Å². The fourth-order valence-corrected chi connectivity index (χ4v) is 1.35. The molecule has 1 aromatic rings. The third kappa shape index (κ3) is 0.906. The van der Waals surface area contributed by atoms with Crippen molar-refractivity contribution < 1.29 is 9.84 Å². The summed E-state index contributed by atoms with van der Waals surface area (Å²) in [5.41, 5.74) is 0.903. The van der Waals surface area contributed by atoms with E-state index in [0.717, 1.165) is 11.3 Å². The second kappa shape index (κ2) is 2.24. The Kier molecular flexibility index (Phi) is 1.36. The molecule has 0 amide bonds. The van der Waals surface area contributed by atoms with Crippen LogP contribution in [0.1, 0.15) is 18.6 Å². The number of ether oxygens (including phenoxy) is 1. The van der Waals surface area contributed by atoms with Crippen LogP contribution >= 0.6 is 0 Å². The van der Waals surface area contributed by atoms with E-state index in [1.165, 1.54) is 0 Å². The van der Waals surface area contributed by atoms with Crippen molar-refractivity contribution in [3.63, 3.8) is 0 Å². The summed E-state index contributed by atoms with van der Waals surface area (Å²) in [5, 5.41) is 9.52. The van der Waals surface area contributed by atoms with E-state index in [2.05, 4.69) is 0 Å². The smallest absolute Gasteiger partial charge is 0.126 e. The Morgan fingerprint density at radius 2 is 2.09 bits per heavy atom. The molecule has 58 valence electrons. The molecule has 0 aromatic heterocycles. The van der Waals surface area contributed by atoms with E-state index < -0.39 is 6.10 Å². The quantitative estimate of drug-likeness (QED) is 0.607. The lowest BCUT2D eigenvalue weighted by Gasteiger charge is -2.06. The van der Waals surface area contributed by atoms with Crippen molar-refractivity contribution in [3.05, 3.63) is 29.8 Å². The maximum Gasteiger partial charge on any atom is 0.126 e. The highest BCUT2D eigenvalue weighted by atomic mass is 16.5. The van der Waals surface area contributed by atoms with Crippen LogP contribution in [0.5, 0.6) is 5.75 Å². The van der Waals surface area contributed by atoms with Crippen LogP contribution in [0, 0.1) is 0 Å². The van der Waals surface area contributed by atoms with Crippen molar-refractivity contribution >= 4 is 0 Å². The average molecular weight is 150 g/mol. The first-order valence-electron chi connectivity index (χ1n) is 3.72. The maximum atomic E-state index is 9.52. The zero-order valence-corrected chi connectivity index (χ0v) is 6.32. The van der Waals surface area contributed by atoms with Gasteiger partial charge in [-0.3, -0.25) is 0 Å². The molecule has 1 aliphatic heterocycles. The molecule has 11 heavy (non-hydrogen) atoms. The van der Waals surface area contributed by atoms with Crippen molar-refractivity contribution in [2.45, 2.75) is 19.1 Å². The summed E-state index contributed by atoms with van der Waals surface area (Å²) in [4.78, 5) is 0. The molecule has 2 atom stereocenters. The van der Waals surface area contributed by atoms with Crippen LogP contribution < -0.4 is 4.74 Å². The largest absolute Gasteiger partial charge is 0.487 e. The molecular weight excluding hydrogens is 140 g/mol. The van der Waals surface area contributed by atoms with Crippen LogP contribution in [0.3, 0.4) is 0 Å². The van der Waals surface area contributed by atoms with Gasteiger partial charge >= 0.3 is 0 Å². The van der Waals surface area contributed by atoms with Crippen molar-refractivity contribution in [2.75, 3.05) is 0 Å². The SMILES string of the molecule is C[C@@H]1Oc2ccccc2[C@@H]1O. The van der Waals surface area contributed by atoms with Gasteiger partial charge in [0.25, 0.3) is 0 Å². The summed E-state index contributed by atoms with van der Waals surface area (Å²) in [6.07, 6.45) is -0.557. The van der Waals surface area contributed by atoms with Crippen molar-refractivity contribution in [2.24, 2.45) is 0 Å². The Morgan fingerprint density at radius 1 is 1.36 bits per heavy atom. The zero-order chi connectivity index (χ0) is 7.84. The fraction of sp³-hybridized carbons (Fsp3) is 0.333. The summed E-state index contributed by atoms with van der Waals surface area (Å²) >= 11 is 0. The number of hydrogen-bond donors (Lipinski definition) is 1. The van der Waals surface area contributed by atoms with Crippen LogP contribution in [-0.2, 0) is 0 Å². The predicted molar refractivity (Wildman–Crippen MR) is 41.5 cm³/mol. The van der Waals surface area contributed by atoms with E-state index in [4.69, 9.17) is 4.74 Å². The number of hydrogen-bond acceptors (Lipinski definition) is 2. The molecule has 0 bridgehead atoms. The second-order valence-corrected chi connectivity index (χ2v) is 2.81. The first-order valence-corrected chi connectivity index (χ1v) is 3.72. The fourth-order valence-electron chi connectivity index (χ4n) is 1.35. The Bertz CT molecular complexity index is 270. The summed E-state index contributed by atoms with van der Waals surface area (Å²) in [6.45, 7) is 1.87. The lowest BCUT2D eigenvalue weighted by atomic mass is 10.1. The third-order valence-electron chi connectivity index (χ3n) is 2.00. The first kappa shape index (κ1) is 6.68. The highest BCUT2D eigenvalue weighted by molar-refractivity contribution is 5.39. The predicted octanol–water partition coefficient (Wildman–Crippen LogP) is 1.50. The standard InChI is InChI=1S/C9H10O2/c1-6-9(10)7-4-2-3-5-8(7)11-6/h2-6,9-10H,1H3/t6-,9+/m0/s1. The minimum Gasteiger partial charge on any atom is -0.487 e. The Hall–Kier alpha value is -1.02. The molecular formula is C9H10O2. The lowest BCUT2D eigenvalue weighted by Crippen LogP contribution is -2.12. The molecule has 2 rings (SSSR count). The second-order valence-electron chi connectivity index (χ2n) is 2.81. The van der Waals surface area contributed by atoms with Crippen molar-refractivity contribution in [3.8, 4) is 5.75 Å². The van der Waals surface area contributed by atoms with E-state index >= 15 is 0 Å². The van der Waals surface area contributed by atoms with Crippen LogP contribution in [0.2, 0.25) is 0 Å². The van der Waals surface area contributed by atoms with Gasteiger partial charge in [-0.25, -0.2) is 0 Å². The van der Waals surface area contributed by atoms with Gasteiger partial charge in [-0.05, 0) is 13.0 Å². The number of rotatable bonds is 0. The van der Waals surface area contributed by atoms with E-state index in [1.807, 2.05) is 31.2 Å². The van der Waals surface area contributed by atoms with E-state index in [9.17, 15) is 5.11 Å². The molecule has 1 aromatic carbocycles. The van der Waals surface area contributed by atoms with Crippen molar-refractivity contribution in [1.29, 1.82) is 0 Å². The number of para-hydroxylation sites is 1. The minimum atomic E-state index is -0.453. The molecule has 2 heteroatoms. The van der Waals surface area contributed by atoms with Gasteiger partial charge in [-0.2, -0.15) is 0 Å². The van der Waals surface area contributed by atoms with Crippen molar-refractivity contribution in [1.82, 2.24) is 0 Å². The minimum absolute atomic E-state index is 0.104. The van der Waals surface area contributed by atoms with E-state index in [-0.39, 0.29) is 6.10 Å². The molecule has 2 nitrogen and oxygen atoms in total. The van der Waals surface area contributed by atoms with Gasteiger partial charge in [-0.15, -0.1) is 0 Å². The summed E-state index contributed by atoms with van der Waals surface area (Å²) in [5.74, 6) is 0.813. The van der Waals surface area contributed by atoms with Gasteiger partial charge in [0.1, 0.15) is 18.0 Å². The van der Waals surface area contributed by atoms with Gasteiger partial charge in [0.15, 0.2) is 0 Å². The number of aliphatic hydroxyl groups is 1. The van der Waals surface area contributed by atoms with Gasteiger partial charge in [-0.1, -0.05) is 18.2 Å². The molecule has 0 spiro atoms. The molecule has 0 aliphatic carbocycles. The van der Waals surface area contributed by atoms with Gasteiger partial charge < -0.3 is 9.84 Å². The third-order valence-corrected chi connectivity index (χ3v) is 2.00. The van der Waals surface area contributed by atoms with Crippen LogP contribution in [0.15, 0.2) is 24.3 Å². The van der Waals surface area contributed by atoms with Gasteiger partial charge in [0.05, 0.1) is 0 Å². The number of benzene rings is 1. The van der Waals surface area contributed by atoms with Crippen LogP contribution in [0.4, 0.5) is 0 Å². The highest BCUT2D eigenvalue weighted by Crippen LogP contribution is 2.35. The van der Waals surface area contributed by atoms with E-state index in [1.54, 1.807) is 0 Å². The van der Waals surface area contributed by atoms with Crippen LogP contribution in [-0.4, -0.2) is 11.2 Å². The number of fused-ring (bicyclic) bond motifs is 1. The molecule has 1 heterocycles. The molecule has 0 unspecified atom stereocenters. The summed E-state index contributed by atoms with van der Waals surface area (Å²) in [7, 11) is 0. The van der Waals surface area contributed by atoms with Gasteiger partial charge in [0, 0.05) is 5.56 Å². The topological polar surface area (TPSA) is 29.5 Å². The summed E-state index contributed by atoms with van der Waals surface area (Å²) in [6, 6.07) is 7.58. The Balaban J connectivity index is 2.47. The lowest BCUT2D eigenvalue weighted by molar-refractivity contribution is 0.0796. The Labute approximate surface area is 65.4 Å². The normalized spacial score (nSPS) is 27.8. The molecule has 0 fully saturated rings. The number of aliphatic hydroxyl groups excluding tert-OH is 1.